The van der Waals surface area contributed by atoms with Crippen LogP contribution in [0, 0.1) is 11.6 Å². The molecule has 0 aliphatic heterocycles. The SMILES string of the molecule is COc1cc(OC)cc(C(NC(=O)c2c(F)cccc2F)c2nccn2C)c1. The van der Waals surface area contributed by atoms with Gasteiger partial charge in [-0.2, -0.15) is 0 Å². The number of rotatable bonds is 6. The fourth-order valence-corrected chi connectivity index (χ4v) is 2.87. The van der Waals surface area contributed by atoms with Crippen molar-refractivity contribution in [2.24, 2.45) is 7.05 Å². The molecule has 1 atom stereocenters. The van der Waals surface area contributed by atoms with Crippen molar-refractivity contribution in [1.29, 1.82) is 0 Å². The Labute approximate surface area is 160 Å². The number of ether oxygens (including phenoxy) is 2. The quantitative estimate of drug-likeness (QED) is 0.705. The largest absolute Gasteiger partial charge is 0.497 e. The molecule has 0 aliphatic carbocycles. The number of hydrogen-bond acceptors (Lipinski definition) is 4. The summed E-state index contributed by atoms with van der Waals surface area (Å²) in [6.07, 6.45) is 3.27. The fraction of sp³-hybridized carbons (Fsp3) is 0.200. The summed E-state index contributed by atoms with van der Waals surface area (Å²) in [5, 5.41) is 2.66. The van der Waals surface area contributed by atoms with E-state index >= 15 is 0 Å². The predicted molar refractivity (Wildman–Crippen MR) is 98.4 cm³/mol. The molecular weight excluding hydrogens is 368 g/mol. The molecular formula is C20H19F2N3O3. The van der Waals surface area contributed by atoms with Gasteiger partial charge in [-0.05, 0) is 29.8 Å². The van der Waals surface area contributed by atoms with Crippen LogP contribution in [0.15, 0.2) is 48.8 Å². The minimum absolute atomic E-state index is 0.473. The second-order valence-corrected chi connectivity index (χ2v) is 6.05. The Morgan fingerprint density at radius 2 is 1.71 bits per heavy atom. The number of carbonyl (C=O) groups excluding carboxylic acids is 1. The monoisotopic (exact) mass is 387 g/mol. The standard InChI is InChI=1S/C20H19F2N3O3/c1-25-8-7-23-19(25)18(12-9-13(27-2)11-14(10-12)28-3)24-20(26)17-15(21)5-4-6-16(17)22/h4-11,18H,1-3H3,(H,24,26). The minimum Gasteiger partial charge on any atom is -0.497 e. The van der Waals surface area contributed by atoms with Crippen molar-refractivity contribution >= 4 is 5.91 Å². The van der Waals surface area contributed by atoms with Gasteiger partial charge in [0.05, 0.1) is 14.2 Å². The molecule has 146 valence electrons. The molecule has 6 nitrogen and oxygen atoms in total. The van der Waals surface area contributed by atoms with Gasteiger partial charge >= 0.3 is 0 Å². The van der Waals surface area contributed by atoms with Gasteiger partial charge in [0, 0.05) is 25.5 Å². The Kier molecular flexibility index (Phi) is 5.58. The van der Waals surface area contributed by atoms with Crippen LogP contribution in [0.25, 0.3) is 0 Å². The molecule has 0 fully saturated rings. The van der Waals surface area contributed by atoms with Gasteiger partial charge in [0.25, 0.3) is 5.91 Å². The third kappa shape index (κ3) is 3.80. The number of halogens is 2. The van der Waals surface area contributed by atoms with Crippen molar-refractivity contribution in [2.75, 3.05) is 14.2 Å². The molecule has 1 aromatic heterocycles. The number of amides is 1. The topological polar surface area (TPSA) is 65.4 Å². The smallest absolute Gasteiger partial charge is 0.258 e. The van der Waals surface area contributed by atoms with Crippen LogP contribution in [0.1, 0.15) is 27.8 Å². The average molecular weight is 387 g/mol. The number of aryl methyl sites for hydroxylation is 1. The van der Waals surface area contributed by atoms with Crippen molar-refractivity contribution in [1.82, 2.24) is 14.9 Å². The third-order valence-corrected chi connectivity index (χ3v) is 4.29. The average Bonchev–Trinajstić information content (AvgIpc) is 3.11. The maximum Gasteiger partial charge on any atom is 0.258 e. The van der Waals surface area contributed by atoms with Crippen LogP contribution in [0.3, 0.4) is 0 Å². The molecule has 1 heterocycles. The molecule has 1 amide bonds. The van der Waals surface area contributed by atoms with Gasteiger partial charge in [0.1, 0.15) is 40.6 Å². The third-order valence-electron chi connectivity index (χ3n) is 4.29. The molecule has 1 N–H and O–H groups in total. The lowest BCUT2D eigenvalue weighted by Crippen LogP contribution is -2.32. The van der Waals surface area contributed by atoms with Crippen molar-refractivity contribution in [3.05, 3.63) is 77.4 Å². The van der Waals surface area contributed by atoms with Crippen LogP contribution in [0.4, 0.5) is 8.78 Å². The van der Waals surface area contributed by atoms with E-state index in [2.05, 4.69) is 10.3 Å². The van der Waals surface area contributed by atoms with Gasteiger partial charge < -0.3 is 19.4 Å². The fourth-order valence-electron chi connectivity index (χ4n) is 2.87. The van der Waals surface area contributed by atoms with E-state index in [9.17, 15) is 13.6 Å². The van der Waals surface area contributed by atoms with E-state index in [1.54, 1.807) is 42.2 Å². The van der Waals surface area contributed by atoms with Crippen molar-refractivity contribution < 1.29 is 23.0 Å². The normalized spacial score (nSPS) is 11.8. The summed E-state index contributed by atoms with van der Waals surface area (Å²) in [4.78, 5) is 17.0. The molecule has 0 aliphatic rings. The summed E-state index contributed by atoms with van der Waals surface area (Å²) >= 11 is 0. The Bertz CT molecular complexity index is 962. The maximum atomic E-state index is 14.1. The zero-order valence-corrected chi connectivity index (χ0v) is 15.6. The summed E-state index contributed by atoms with van der Waals surface area (Å²) in [5.74, 6) is -1.32. The van der Waals surface area contributed by atoms with Crippen molar-refractivity contribution in [3.63, 3.8) is 0 Å². The lowest BCUT2D eigenvalue weighted by Gasteiger charge is -2.21. The number of imidazole rings is 1. The molecule has 3 aromatic rings. The molecule has 3 rings (SSSR count). The highest BCUT2D eigenvalue weighted by Gasteiger charge is 2.25. The number of nitrogens with zero attached hydrogens (tertiary/aromatic N) is 2. The van der Waals surface area contributed by atoms with Crippen LogP contribution in [-0.4, -0.2) is 29.7 Å². The molecule has 1 unspecified atom stereocenters. The van der Waals surface area contributed by atoms with E-state index in [1.165, 1.54) is 20.3 Å². The number of aromatic nitrogens is 2. The molecule has 2 aromatic carbocycles. The predicted octanol–water partition coefficient (Wildman–Crippen LogP) is 3.23. The first kappa shape index (κ1) is 19.3. The van der Waals surface area contributed by atoms with E-state index in [1.807, 2.05) is 0 Å². The first-order valence-corrected chi connectivity index (χ1v) is 8.39. The Balaban J connectivity index is 2.07. The summed E-state index contributed by atoms with van der Waals surface area (Å²) in [6.45, 7) is 0. The Hall–Kier alpha value is -3.42. The highest BCUT2D eigenvalue weighted by atomic mass is 19.1. The molecule has 0 bridgehead atoms. The molecule has 8 heteroatoms. The first-order chi connectivity index (χ1) is 13.4. The maximum absolute atomic E-state index is 14.1. The van der Waals surface area contributed by atoms with Crippen LogP contribution < -0.4 is 14.8 Å². The lowest BCUT2D eigenvalue weighted by molar-refractivity contribution is 0.0932. The van der Waals surface area contributed by atoms with Crippen LogP contribution in [-0.2, 0) is 7.05 Å². The van der Waals surface area contributed by atoms with E-state index in [0.717, 1.165) is 12.1 Å². The minimum atomic E-state index is -0.945. The summed E-state index contributed by atoms with van der Waals surface area (Å²) in [5.41, 5.74) is -0.0767. The Morgan fingerprint density at radius 1 is 1.11 bits per heavy atom. The number of hydrogen-bond donors (Lipinski definition) is 1. The second-order valence-electron chi connectivity index (χ2n) is 6.05. The summed E-state index contributed by atoms with van der Waals surface area (Å²) in [6, 6.07) is 7.53. The summed E-state index contributed by atoms with van der Waals surface area (Å²) in [7, 11) is 4.76. The zero-order chi connectivity index (χ0) is 20.3. The van der Waals surface area contributed by atoms with Crippen LogP contribution in [0.2, 0.25) is 0 Å². The first-order valence-electron chi connectivity index (χ1n) is 8.39. The Morgan fingerprint density at radius 3 is 2.21 bits per heavy atom. The number of carbonyl (C=O) groups is 1. The van der Waals surface area contributed by atoms with Crippen LogP contribution in [0.5, 0.6) is 11.5 Å². The van der Waals surface area contributed by atoms with Gasteiger partial charge in [-0.25, -0.2) is 13.8 Å². The highest BCUT2D eigenvalue weighted by Crippen LogP contribution is 2.30. The highest BCUT2D eigenvalue weighted by molar-refractivity contribution is 5.95. The van der Waals surface area contributed by atoms with Crippen molar-refractivity contribution in [3.8, 4) is 11.5 Å². The molecule has 0 radical (unpaired) electrons. The van der Waals surface area contributed by atoms with E-state index in [4.69, 9.17) is 9.47 Å². The molecule has 0 spiro atoms. The van der Waals surface area contributed by atoms with Gasteiger partial charge in [0.2, 0.25) is 0 Å². The van der Waals surface area contributed by atoms with E-state index < -0.39 is 29.1 Å². The van der Waals surface area contributed by atoms with Gasteiger partial charge in [-0.3, -0.25) is 4.79 Å². The van der Waals surface area contributed by atoms with Crippen molar-refractivity contribution in [2.45, 2.75) is 6.04 Å². The van der Waals surface area contributed by atoms with E-state index in [0.29, 0.717) is 22.9 Å². The van der Waals surface area contributed by atoms with E-state index in [-0.39, 0.29) is 0 Å². The molecule has 0 saturated carbocycles. The molecule has 28 heavy (non-hydrogen) atoms. The zero-order valence-electron chi connectivity index (χ0n) is 15.6. The second kappa shape index (κ2) is 8.08. The van der Waals surface area contributed by atoms with Gasteiger partial charge in [-0.1, -0.05) is 6.07 Å². The van der Waals surface area contributed by atoms with Gasteiger partial charge in [-0.15, -0.1) is 0 Å². The number of benzene rings is 2. The number of methoxy groups -OCH3 is 2. The van der Waals surface area contributed by atoms with Crippen LogP contribution >= 0.6 is 0 Å². The lowest BCUT2D eigenvalue weighted by atomic mass is 10.0. The molecule has 0 saturated heterocycles. The summed E-state index contributed by atoms with van der Waals surface area (Å²) < 4.78 is 40.4. The number of nitrogens with one attached hydrogen (secondary N) is 1. The van der Waals surface area contributed by atoms with Gasteiger partial charge in [0.15, 0.2) is 0 Å².